The van der Waals surface area contributed by atoms with Crippen LogP contribution in [-0.2, 0) is 6.42 Å². The molecule has 122 valence electrons. The number of rotatable bonds is 5. The Hall–Kier alpha value is -2.95. The molecule has 5 heteroatoms. The first kappa shape index (κ1) is 15.9. The smallest absolute Gasteiger partial charge is 0.273 e. The fourth-order valence-electron chi connectivity index (χ4n) is 2.42. The van der Waals surface area contributed by atoms with Gasteiger partial charge in [-0.25, -0.2) is 0 Å². The maximum Gasteiger partial charge on any atom is 0.273 e. The van der Waals surface area contributed by atoms with Gasteiger partial charge in [0.2, 0.25) is 0 Å². The van der Waals surface area contributed by atoms with E-state index in [0.717, 1.165) is 17.5 Å². The van der Waals surface area contributed by atoms with Gasteiger partial charge < -0.3 is 9.84 Å². The highest BCUT2D eigenvalue weighted by Crippen LogP contribution is 2.20. The zero-order valence-corrected chi connectivity index (χ0v) is 13.7. The number of carbonyl (C=O) groups excluding carboxylic acids is 1. The van der Waals surface area contributed by atoms with Crippen LogP contribution in [0.15, 0.2) is 59.4 Å². The largest absolute Gasteiger partial charge is 0.355 e. The number of benzene rings is 1. The lowest BCUT2D eigenvalue weighted by molar-refractivity contribution is 0.0931. The van der Waals surface area contributed by atoms with Crippen LogP contribution in [0.4, 0.5) is 0 Å². The molecule has 3 aromatic rings. The van der Waals surface area contributed by atoms with E-state index in [1.165, 1.54) is 5.56 Å². The van der Waals surface area contributed by atoms with Crippen LogP contribution in [0.5, 0.6) is 0 Å². The van der Waals surface area contributed by atoms with Crippen molar-refractivity contribution in [2.75, 3.05) is 0 Å². The number of amides is 1. The number of hydrogen-bond acceptors (Lipinski definition) is 4. The van der Waals surface area contributed by atoms with Gasteiger partial charge in [-0.15, -0.1) is 0 Å². The summed E-state index contributed by atoms with van der Waals surface area (Å²) in [6, 6.07) is 13.4. The first-order valence-corrected chi connectivity index (χ1v) is 7.94. The number of aromatic nitrogens is 2. The fraction of sp³-hybridized carbons (Fsp3) is 0.211. The van der Waals surface area contributed by atoms with Crippen LogP contribution in [0, 0.1) is 0 Å². The molecule has 0 fully saturated rings. The standard InChI is InChI=1S/C19H19N3O2/c1-3-14-6-8-15(9-7-14)13(2)21-19(23)17-11-18(24-22-17)16-5-4-10-20-12-16/h4-13H,3H2,1-2H3,(H,21,23). The fourth-order valence-corrected chi connectivity index (χ4v) is 2.42. The number of nitrogens with one attached hydrogen (secondary N) is 1. The summed E-state index contributed by atoms with van der Waals surface area (Å²) in [5.74, 6) is 0.258. The van der Waals surface area contributed by atoms with Crippen molar-refractivity contribution in [3.63, 3.8) is 0 Å². The summed E-state index contributed by atoms with van der Waals surface area (Å²) in [5.41, 5.74) is 3.37. The second-order valence-corrected chi connectivity index (χ2v) is 5.61. The van der Waals surface area contributed by atoms with Crippen molar-refractivity contribution in [2.45, 2.75) is 26.3 Å². The van der Waals surface area contributed by atoms with Crippen LogP contribution in [0.25, 0.3) is 11.3 Å². The lowest BCUT2D eigenvalue weighted by Crippen LogP contribution is -2.26. The van der Waals surface area contributed by atoms with E-state index in [-0.39, 0.29) is 17.6 Å². The van der Waals surface area contributed by atoms with Crippen LogP contribution in [0.2, 0.25) is 0 Å². The molecule has 1 unspecified atom stereocenters. The quantitative estimate of drug-likeness (QED) is 0.776. The Kier molecular flexibility index (Phi) is 4.70. The van der Waals surface area contributed by atoms with Crippen LogP contribution in [0.3, 0.4) is 0 Å². The van der Waals surface area contributed by atoms with Gasteiger partial charge in [-0.3, -0.25) is 9.78 Å². The highest BCUT2D eigenvalue weighted by molar-refractivity contribution is 5.93. The zero-order valence-electron chi connectivity index (χ0n) is 13.7. The third kappa shape index (κ3) is 3.51. The zero-order chi connectivity index (χ0) is 16.9. The summed E-state index contributed by atoms with van der Waals surface area (Å²) < 4.78 is 5.24. The van der Waals surface area contributed by atoms with E-state index in [1.54, 1.807) is 24.5 Å². The van der Waals surface area contributed by atoms with Crippen molar-refractivity contribution in [3.05, 3.63) is 71.7 Å². The van der Waals surface area contributed by atoms with Gasteiger partial charge in [0.05, 0.1) is 6.04 Å². The molecule has 1 aromatic carbocycles. The molecule has 0 aliphatic carbocycles. The van der Waals surface area contributed by atoms with Gasteiger partial charge in [-0.2, -0.15) is 0 Å². The van der Waals surface area contributed by atoms with Crippen molar-refractivity contribution >= 4 is 5.91 Å². The Morgan fingerprint density at radius 3 is 2.71 bits per heavy atom. The van der Waals surface area contributed by atoms with Crippen LogP contribution >= 0.6 is 0 Å². The van der Waals surface area contributed by atoms with Gasteiger partial charge in [-0.05, 0) is 36.6 Å². The molecule has 24 heavy (non-hydrogen) atoms. The minimum Gasteiger partial charge on any atom is -0.355 e. The summed E-state index contributed by atoms with van der Waals surface area (Å²) in [6.45, 7) is 4.06. The molecule has 3 rings (SSSR count). The second kappa shape index (κ2) is 7.08. The Balaban J connectivity index is 1.69. The highest BCUT2D eigenvalue weighted by atomic mass is 16.5. The lowest BCUT2D eigenvalue weighted by atomic mass is 10.0. The summed E-state index contributed by atoms with van der Waals surface area (Å²) in [7, 11) is 0. The Morgan fingerprint density at radius 2 is 2.04 bits per heavy atom. The van der Waals surface area contributed by atoms with E-state index in [0.29, 0.717) is 5.76 Å². The topological polar surface area (TPSA) is 68.0 Å². The van der Waals surface area contributed by atoms with Crippen LogP contribution in [0.1, 0.15) is 41.5 Å². The minimum absolute atomic E-state index is 0.109. The van der Waals surface area contributed by atoms with Crippen LogP contribution in [-0.4, -0.2) is 16.0 Å². The predicted molar refractivity (Wildman–Crippen MR) is 91.4 cm³/mol. The van der Waals surface area contributed by atoms with Crippen molar-refractivity contribution in [3.8, 4) is 11.3 Å². The molecule has 0 aliphatic heterocycles. The molecule has 0 spiro atoms. The molecule has 0 bridgehead atoms. The van der Waals surface area contributed by atoms with Gasteiger partial charge in [0.15, 0.2) is 11.5 Å². The summed E-state index contributed by atoms with van der Waals surface area (Å²) in [4.78, 5) is 16.4. The van der Waals surface area contributed by atoms with E-state index in [1.807, 2.05) is 25.1 Å². The number of aryl methyl sites for hydroxylation is 1. The third-order valence-electron chi connectivity index (χ3n) is 3.92. The normalized spacial score (nSPS) is 11.9. The number of nitrogens with zero attached hydrogens (tertiary/aromatic N) is 2. The second-order valence-electron chi connectivity index (χ2n) is 5.61. The highest BCUT2D eigenvalue weighted by Gasteiger charge is 2.16. The SMILES string of the molecule is CCc1ccc(C(C)NC(=O)c2cc(-c3cccnc3)on2)cc1. The van der Waals surface area contributed by atoms with E-state index in [4.69, 9.17) is 4.52 Å². The Labute approximate surface area is 140 Å². The minimum atomic E-state index is -0.263. The maximum absolute atomic E-state index is 12.3. The van der Waals surface area contributed by atoms with Gasteiger partial charge in [-0.1, -0.05) is 36.3 Å². The van der Waals surface area contributed by atoms with E-state index in [2.05, 4.69) is 34.5 Å². The summed E-state index contributed by atoms with van der Waals surface area (Å²) >= 11 is 0. The molecular weight excluding hydrogens is 302 g/mol. The maximum atomic E-state index is 12.3. The van der Waals surface area contributed by atoms with Crippen molar-refractivity contribution in [2.24, 2.45) is 0 Å². The monoisotopic (exact) mass is 321 g/mol. The van der Waals surface area contributed by atoms with Gasteiger partial charge in [0.1, 0.15) is 0 Å². The molecular formula is C19H19N3O2. The van der Waals surface area contributed by atoms with Gasteiger partial charge in [0.25, 0.3) is 5.91 Å². The van der Waals surface area contributed by atoms with Gasteiger partial charge >= 0.3 is 0 Å². The van der Waals surface area contributed by atoms with Crippen molar-refractivity contribution < 1.29 is 9.32 Å². The molecule has 1 N–H and O–H groups in total. The molecule has 0 saturated carbocycles. The average molecular weight is 321 g/mol. The summed E-state index contributed by atoms with van der Waals surface area (Å²) in [5, 5.41) is 6.79. The van der Waals surface area contributed by atoms with Crippen molar-refractivity contribution in [1.82, 2.24) is 15.5 Å². The molecule has 5 nitrogen and oxygen atoms in total. The van der Waals surface area contributed by atoms with Crippen LogP contribution < -0.4 is 5.32 Å². The number of pyridine rings is 1. The van der Waals surface area contributed by atoms with Crippen molar-refractivity contribution in [1.29, 1.82) is 0 Å². The number of hydrogen-bond donors (Lipinski definition) is 1. The predicted octanol–water partition coefficient (Wildman–Crippen LogP) is 3.79. The third-order valence-corrected chi connectivity index (χ3v) is 3.92. The molecule has 1 amide bonds. The molecule has 0 saturated heterocycles. The van der Waals surface area contributed by atoms with E-state index >= 15 is 0 Å². The Bertz CT molecular complexity index is 810. The first-order valence-electron chi connectivity index (χ1n) is 7.94. The van der Waals surface area contributed by atoms with Gasteiger partial charge in [0, 0.05) is 24.0 Å². The molecule has 0 aliphatic rings. The molecule has 2 aromatic heterocycles. The van der Waals surface area contributed by atoms with E-state index < -0.39 is 0 Å². The van der Waals surface area contributed by atoms with E-state index in [9.17, 15) is 4.79 Å². The summed E-state index contributed by atoms with van der Waals surface area (Å²) in [6.07, 6.45) is 4.34. The lowest BCUT2D eigenvalue weighted by Gasteiger charge is -2.13. The average Bonchev–Trinajstić information content (AvgIpc) is 3.13. The molecule has 1 atom stereocenters. The number of carbonyl (C=O) groups is 1. The molecule has 0 radical (unpaired) electrons. The Morgan fingerprint density at radius 1 is 1.25 bits per heavy atom. The first-order chi connectivity index (χ1) is 11.7. The molecule has 2 heterocycles.